The highest BCUT2D eigenvalue weighted by Gasteiger charge is 2.15. The van der Waals surface area contributed by atoms with E-state index >= 15 is 0 Å². The SMILES string of the molecule is Nc1ccccc1-c1nc2c(-c3cccc4ccccc34)cc(F)cc2s1. The lowest BCUT2D eigenvalue weighted by atomic mass is 9.97. The third kappa shape index (κ3) is 2.66. The summed E-state index contributed by atoms with van der Waals surface area (Å²) in [5, 5.41) is 3.01. The van der Waals surface area contributed by atoms with E-state index in [9.17, 15) is 4.39 Å². The summed E-state index contributed by atoms with van der Waals surface area (Å²) in [6.45, 7) is 0. The van der Waals surface area contributed by atoms with Gasteiger partial charge >= 0.3 is 0 Å². The van der Waals surface area contributed by atoms with Gasteiger partial charge in [-0.2, -0.15) is 0 Å². The highest BCUT2D eigenvalue weighted by Crippen LogP contribution is 2.39. The van der Waals surface area contributed by atoms with Crippen molar-refractivity contribution in [1.29, 1.82) is 0 Å². The molecule has 0 amide bonds. The van der Waals surface area contributed by atoms with E-state index in [4.69, 9.17) is 10.7 Å². The van der Waals surface area contributed by atoms with Crippen molar-refractivity contribution in [2.75, 3.05) is 5.73 Å². The zero-order chi connectivity index (χ0) is 18.4. The van der Waals surface area contributed by atoms with Crippen molar-refractivity contribution in [3.63, 3.8) is 0 Å². The molecule has 0 atom stereocenters. The third-order valence-electron chi connectivity index (χ3n) is 4.73. The molecule has 5 aromatic rings. The molecule has 0 bridgehead atoms. The van der Waals surface area contributed by atoms with Gasteiger partial charge in [0, 0.05) is 16.8 Å². The molecule has 0 unspecified atom stereocenters. The molecule has 130 valence electrons. The molecule has 4 heteroatoms. The Bertz CT molecular complexity index is 1300. The molecule has 1 heterocycles. The van der Waals surface area contributed by atoms with Crippen molar-refractivity contribution in [3.05, 3.63) is 84.7 Å². The summed E-state index contributed by atoms with van der Waals surface area (Å²) >= 11 is 1.46. The molecule has 0 aliphatic rings. The fourth-order valence-corrected chi connectivity index (χ4v) is 4.53. The Morgan fingerprint density at radius 2 is 1.52 bits per heavy atom. The molecule has 2 nitrogen and oxygen atoms in total. The van der Waals surface area contributed by atoms with Gasteiger partial charge in [0.2, 0.25) is 0 Å². The van der Waals surface area contributed by atoms with E-state index < -0.39 is 0 Å². The van der Waals surface area contributed by atoms with Crippen molar-refractivity contribution in [3.8, 4) is 21.7 Å². The highest BCUT2D eigenvalue weighted by atomic mass is 32.1. The summed E-state index contributed by atoms with van der Waals surface area (Å²) in [7, 11) is 0. The van der Waals surface area contributed by atoms with Crippen LogP contribution in [-0.2, 0) is 0 Å². The first-order valence-electron chi connectivity index (χ1n) is 8.64. The average molecular weight is 370 g/mol. The van der Waals surface area contributed by atoms with Crippen LogP contribution in [0.5, 0.6) is 0 Å². The van der Waals surface area contributed by atoms with E-state index in [0.29, 0.717) is 5.69 Å². The molecule has 0 aliphatic heterocycles. The monoisotopic (exact) mass is 370 g/mol. The van der Waals surface area contributed by atoms with Crippen LogP contribution in [0.1, 0.15) is 0 Å². The maximum Gasteiger partial charge on any atom is 0.126 e. The zero-order valence-corrected chi connectivity index (χ0v) is 15.1. The molecule has 0 aliphatic carbocycles. The first-order valence-corrected chi connectivity index (χ1v) is 9.45. The van der Waals surface area contributed by atoms with E-state index in [1.807, 2.05) is 48.5 Å². The minimum atomic E-state index is -0.262. The summed E-state index contributed by atoms with van der Waals surface area (Å²) in [5.41, 5.74) is 10.3. The van der Waals surface area contributed by atoms with Crippen molar-refractivity contribution in [2.24, 2.45) is 0 Å². The highest BCUT2D eigenvalue weighted by molar-refractivity contribution is 7.21. The molecule has 0 saturated heterocycles. The summed E-state index contributed by atoms with van der Waals surface area (Å²) in [4.78, 5) is 4.84. The number of thiazole rings is 1. The predicted octanol–water partition coefficient (Wildman–Crippen LogP) is 6.50. The number of hydrogen-bond donors (Lipinski definition) is 1. The number of aromatic nitrogens is 1. The van der Waals surface area contributed by atoms with Gasteiger partial charge in [-0.15, -0.1) is 11.3 Å². The average Bonchev–Trinajstić information content (AvgIpc) is 3.11. The van der Waals surface area contributed by atoms with Gasteiger partial charge in [-0.25, -0.2) is 9.37 Å². The normalized spacial score (nSPS) is 11.3. The Balaban J connectivity index is 1.81. The summed E-state index contributed by atoms with van der Waals surface area (Å²) in [6.07, 6.45) is 0. The standard InChI is InChI=1S/C23H15FN2S/c24-15-12-19(17-10-5-7-14-6-1-2-8-16(14)17)22-21(13-15)27-23(26-22)18-9-3-4-11-20(18)25/h1-13H,25H2. The van der Waals surface area contributed by atoms with Crippen molar-refractivity contribution >= 4 is 38.0 Å². The Labute approximate surface area is 159 Å². The minimum Gasteiger partial charge on any atom is -0.398 e. The van der Waals surface area contributed by atoms with Crippen LogP contribution in [0, 0.1) is 5.82 Å². The maximum absolute atomic E-state index is 14.4. The lowest BCUT2D eigenvalue weighted by Crippen LogP contribution is -1.89. The maximum atomic E-state index is 14.4. The number of nitrogen functional groups attached to an aromatic ring is 1. The van der Waals surface area contributed by atoms with Gasteiger partial charge in [0.25, 0.3) is 0 Å². The molecule has 4 aromatic carbocycles. The van der Waals surface area contributed by atoms with Crippen molar-refractivity contribution < 1.29 is 4.39 Å². The number of nitrogens with two attached hydrogens (primary N) is 1. The van der Waals surface area contributed by atoms with Gasteiger partial charge in [-0.05, 0) is 40.6 Å². The van der Waals surface area contributed by atoms with Gasteiger partial charge in [0.15, 0.2) is 0 Å². The summed E-state index contributed by atoms with van der Waals surface area (Å²) < 4.78 is 15.2. The number of fused-ring (bicyclic) bond motifs is 2. The van der Waals surface area contributed by atoms with Crippen LogP contribution < -0.4 is 5.73 Å². The molecular weight excluding hydrogens is 355 g/mol. The molecular formula is C23H15FN2S. The predicted molar refractivity (Wildman–Crippen MR) is 112 cm³/mol. The quantitative estimate of drug-likeness (QED) is 0.360. The Morgan fingerprint density at radius 3 is 2.41 bits per heavy atom. The smallest absolute Gasteiger partial charge is 0.126 e. The van der Waals surface area contributed by atoms with E-state index in [-0.39, 0.29) is 5.82 Å². The third-order valence-corrected chi connectivity index (χ3v) is 5.77. The van der Waals surface area contributed by atoms with E-state index in [1.165, 1.54) is 11.3 Å². The minimum absolute atomic E-state index is 0.262. The lowest BCUT2D eigenvalue weighted by Gasteiger charge is -2.08. The molecule has 5 rings (SSSR count). The fourth-order valence-electron chi connectivity index (χ4n) is 3.47. The fraction of sp³-hybridized carbons (Fsp3) is 0. The van der Waals surface area contributed by atoms with E-state index in [0.717, 1.165) is 42.7 Å². The van der Waals surface area contributed by atoms with Crippen LogP contribution in [0.2, 0.25) is 0 Å². The molecule has 0 spiro atoms. The molecule has 1 aromatic heterocycles. The van der Waals surface area contributed by atoms with Crippen LogP contribution in [0.25, 0.3) is 42.7 Å². The Hall–Kier alpha value is -3.24. The van der Waals surface area contributed by atoms with Gasteiger partial charge in [-0.3, -0.25) is 0 Å². The topological polar surface area (TPSA) is 38.9 Å². The number of anilines is 1. The summed E-state index contributed by atoms with van der Waals surface area (Å²) in [6, 6.07) is 25.0. The van der Waals surface area contributed by atoms with Crippen LogP contribution in [0.4, 0.5) is 10.1 Å². The summed E-state index contributed by atoms with van der Waals surface area (Å²) in [5.74, 6) is -0.262. The van der Waals surface area contributed by atoms with Gasteiger partial charge in [0.1, 0.15) is 10.8 Å². The van der Waals surface area contributed by atoms with E-state index in [2.05, 4.69) is 18.2 Å². The molecule has 0 saturated carbocycles. The first kappa shape index (κ1) is 16.0. The zero-order valence-electron chi connectivity index (χ0n) is 14.3. The number of hydrogen-bond acceptors (Lipinski definition) is 3. The lowest BCUT2D eigenvalue weighted by molar-refractivity contribution is 0.630. The molecule has 0 fully saturated rings. The Morgan fingerprint density at radius 1 is 0.778 bits per heavy atom. The largest absolute Gasteiger partial charge is 0.398 e. The number of para-hydroxylation sites is 1. The number of halogens is 1. The van der Waals surface area contributed by atoms with Gasteiger partial charge in [-0.1, -0.05) is 54.6 Å². The van der Waals surface area contributed by atoms with Crippen LogP contribution in [0.3, 0.4) is 0 Å². The van der Waals surface area contributed by atoms with Crippen LogP contribution >= 0.6 is 11.3 Å². The first-order chi connectivity index (χ1) is 13.2. The molecule has 27 heavy (non-hydrogen) atoms. The van der Waals surface area contributed by atoms with Crippen molar-refractivity contribution in [1.82, 2.24) is 4.98 Å². The van der Waals surface area contributed by atoms with Crippen LogP contribution in [-0.4, -0.2) is 4.98 Å². The van der Waals surface area contributed by atoms with Gasteiger partial charge in [0.05, 0.1) is 10.2 Å². The second-order valence-corrected chi connectivity index (χ2v) is 7.46. The Kier molecular flexibility index (Phi) is 3.66. The van der Waals surface area contributed by atoms with Crippen LogP contribution in [0.15, 0.2) is 78.9 Å². The second kappa shape index (κ2) is 6.18. The number of benzene rings is 4. The van der Waals surface area contributed by atoms with Crippen molar-refractivity contribution in [2.45, 2.75) is 0 Å². The number of nitrogens with zero attached hydrogens (tertiary/aromatic N) is 1. The second-order valence-electron chi connectivity index (χ2n) is 6.43. The van der Waals surface area contributed by atoms with Gasteiger partial charge < -0.3 is 5.73 Å². The van der Waals surface area contributed by atoms with E-state index in [1.54, 1.807) is 12.1 Å². The molecule has 2 N–H and O–H groups in total. The number of rotatable bonds is 2. The molecule has 0 radical (unpaired) electrons.